The number of hydrogen-bond acceptors (Lipinski definition) is 6. The molecule has 8 nitrogen and oxygen atoms in total. The highest BCUT2D eigenvalue weighted by molar-refractivity contribution is 5.84. The van der Waals surface area contributed by atoms with Gasteiger partial charge in [0, 0.05) is 0 Å². The maximum atomic E-state index is 10.9. The fourth-order valence-corrected chi connectivity index (χ4v) is 2.29. The topological polar surface area (TPSA) is 110 Å². The van der Waals surface area contributed by atoms with Crippen LogP contribution in [0.25, 0.3) is 5.69 Å². The van der Waals surface area contributed by atoms with Crippen LogP contribution in [0.4, 0.5) is 0 Å². The zero-order valence-corrected chi connectivity index (χ0v) is 13.8. The first-order chi connectivity index (χ1) is 12.6. The van der Waals surface area contributed by atoms with Crippen molar-refractivity contribution < 1.29 is 19.4 Å². The Balaban J connectivity index is 1.80. The van der Waals surface area contributed by atoms with E-state index in [1.807, 2.05) is 24.3 Å². The summed E-state index contributed by atoms with van der Waals surface area (Å²) in [4.78, 5) is 10.9. The Kier molecular flexibility index (Phi) is 4.80. The number of rotatable bonds is 6. The van der Waals surface area contributed by atoms with Crippen molar-refractivity contribution >= 4 is 5.97 Å². The number of aromatic nitrogens is 3. The number of benzene rings is 2. The minimum absolute atomic E-state index is 0.179. The molecular formula is C18H14N4O4. The Morgan fingerprint density at radius 2 is 2.15 bits per heavy atom. The molecule has 1 aromatic heterocycles. The average molecular weight is 350 g/mol. The lowest BCUT2D eigenvalue weighted by molar-refractivity contribution is 0.0690. The minimum Gasteiger partial charge on any atom is -0.497 e. The van der Waals surface area contributed by atoms with Gasteiger partial charge in [-0.05, 0) is 35.9 Å². The zero-order chi connectivity index (χ0) is 18.5. The summed E-state index contributed by atoms with van der Waals surface area (Å²) in [5, 5.41) is 25.6. The summed E-state index contributed by atoms with van der Waals surface area (Å²) in [6.07, 6.45) is 1.27. The molecule has 0 bridgehead atoms. The number of hydrogen-bond donors (Lipinski definition) is 1. The van der Waals surface area contributed by atoms with Crippen LogP contribution in [-0.4, -0.2) is 33.2 Å². The lowest BCUT2D eigenvalue weighted by Crippen LogP contribution is -2.00. The minimum atomic E-state index is -1.17. The molecule has 3 rings (SSSR count). The van der Waals surface area contributed by atoms with Gasteiger partial charge < -0.3 is 14.6 Å². The molecule has 3 aromatic rings. The summed E-state index contributed by atoms with van der Waals surface area (Å²) in [7, 11) is 1.59. The lowest BCUT2D eigenvalue weighted by atomic mass is 10.2. The van der Waals surface area contributed by atoms with Crippen molar-refractivity contribution in [2.75, 3.05) is 7.11 Å². The molecular weight excluding hydrogens is 336 g/mol. The summed E-state index contributed by atoms with van der Waals surface area (Å²) in [6.45, 7) is 0.276. The second-order valence-electron chi connectivity index (χ2n) is 5.29. The van der Waals surface area contributed by atoms with Gasteiger partial charge in [-0.3, -0.25) is 0 Å². The van der Waals surface area contributed by atoms with Crippen molar-refractivity contribution in [2.45, 2.75) is 6.61 Å². The Morgan fingerprint density at radius 3 is 2.85 bits per heavy atom. The van der Waals surface area contributed by atoms with Crippen molar-refractivity contribution in [3.63, 3.8) is 0 Å². The van der Waals surface area contributed by atoms with Gasteiger partial charge >= 0.3 is 5.97 Å². The second kappa shape index (κ2) is 7.36. The van der Waals surface area contributed by atoms with Crippen LogP contribution in [0.5, 0.6) is 11.5 Å². The summed E-state index contributed by atoms with van der Waals surface area (Å²) in [6, 6.07) is 14.4. The molecule has 0 aliphatic heterocycles. The molecule has 0 spiro atoms. The van der Waals surface area contributed by atoms with Crippen LogP contribution in [0.3, 0.4) is 0 Å². The Labute approximate surface area is 148 Å². The van der Waals surface area contributed by atoms with Crippen molar-refractivity contribution in [2.24, 2.45) is 0 Å². The molecule has 0 aliphatic rings. The Morgan fingerprint density at radius 1 is 1.31 bits per heavy atom. The summed E-state index contributed by atoms with van der Waals surface area (Å²) >= 11 is 0. The lowest BCUT2D eigenvalue weighted by Gasteiger charge is -2.10. The molecule has 0 aliphatic carbocycles. The van der Waals surface area contributed by atoms with Crippen LogP contribution >= 0.6 is 0 Å². The Hall–Kier alpha value is -3.86. The number of nitriles is 1. The third kappa shape index (κ3) is 3.62. The summed E-state index contributed by atoms with van der Waals surface area (Å²) in [5.41, 5.74) is 1.54. The van der Waals surface area contributed by atoms with Gasteiger partial charge in [0.05, 0.1) is 24.6 Å². The van der Waals surface area contributed by atoms with E-state index in [2.05, 4.69) is 16.4 Å². The maximum absolute atomic E-state index is 10.9. The molecule has 26 heavy (non-hydrogen) atoms. The van der Waals surface area contributed by atoms with E-state index < -0.39 is 5.97 Å². The third-order valence-electron chi connectivity index (χ3n) is 3.59. The van der Waals surface area contributed by atoms with E-state index >= 15 is 0 Å². The molecule has 130 valence electrons. The van der Waals surface area contributed by atoms with Gasteiger partial charge in [0.2, 0.25) is 0 Å². The van der Waals surface area contributed by atoms with Crippen LogP contribution in [0.1, 0.15) is 21.6 Å². The van der Waals surface area contributed by atoms with Crippen molar-refractivity contribution in [1.29, 1.82) is 5.26 Å². The highest BCUT2D eigenvalue weighted by Gasteiger charge is 2.12. The van der Waals surface area contributed by atoms with Gasteiger partial charge in [0.25, 0.3) is 0 Å². The Bertz CT molecular complexity index is 991. The predicted octanol–water partition coefficient (Wildman–Crippen LogP) is 2.42. The number of carboxylic acids is 1. The van der Waals surface area contributed by atoms with Crippen LogP contribution in [-0.2, 0) is 6.61 Å². The first-order valence-electron chi connectivity index (χ1n) is 7.56. The van der Waals surface area contributed by atoms with E-state index in [1.165, 1.54) is 10.9 Å². The molecule has 0 atom stereocenters. The molecule has 0 unspecified atom stereocenters. The van der Waals surface area contributed by atoms with E-state index in [-0.39, 0.29) is 12.3 Å². The molecule has 1 heterocycles. The van der Waals surface area contributed by atoms with Crippen LogP contribution in [0.2, 0.25) is 0 Å². The van der Waals surface area contributed by atoms with E-state index in [0.717, 1.165) is 11.3 Å². The number of ether oxygens (including phenoxy) is 2. The molecule has 0 amide bonds. The van der Waals surface area contributed by atoms with Gasteiger partial charge in [0.1, 0.15) is 24.2 Å². The normalized spacial score (nSPS) is 10.2. The standard InChI is InChI=1S/C18H14N4O4/c1-25-15-4-2-3-12(7-15)11-26-17-6-5-14(8-13(17)9-19)22-10-16(18(23)24)20-21-22/h2-8,10H,11H2,1H3,(H,23,24). The van der Waals surface area contributed by atoms with Crippen LogP contribution < -0.4 is 9.47 Å². The zero-order valence-electron chi connectivity index (χ0n) is 13.8. The second-order valence-corrected chi connectivity index (χ2v) is 5.29. The molecule has 0 radical (unpaired) electrons. The smallest absolute Gasteiger partial charge is 0.358 e. The third-order valence-corrected chi connectivity index (χ3v) is 3.59. The molecule has 1 N–H and O–H groups in total. The summed E-state index contributed by atoms with van der Waals surface area (Å²) < 4.78 is 12.2. The molecule has 0 saturated carbocycles. The first-order valence-corrected chi connectivity index (χ1v) is 7.56. The predicted molar refractivity (Wildman–Crippen MR) is 90.4 cm³/mol. The fraction of sp³-hybridized carbons (Fsp3) is 0.111. The van der Waals surface area contributed by atoms with Gasteiger partial charge in [-0.1, -0.05) is 17.3 Å². The van der Waals surface area contributed by atoms with E-state index in [9.17, 15) is 10.1 Å². The number of methoxy groups -OCH3 is 1. The van der Waals surface area contributed by atoms with E-state index in [0.29, 0.717) is 17.0 Å². The monoisotopic (exact) mass is 350 g/mol. The first kappa shape index (κ1) is 17.0. The van der Waals surface area contributed by atoms with Crippen LogP contribution in [0.15, 0.2) is 48.7 Å². The molecule has 0 fully saturated rings. The average Bonchev–Trinajstić information content (AvgIpc) is 3.17. The summed E-state index contributed by atoms with van der Waals surface area (Å²) in [5.74, 6) is -0.0324. The number of nitrogens with zero attached hydrogens (tertiary/aromatic N) is 4. The largest absolute Gasteiger partial charge is 0.497 e. The van der Waals surface area contributed by atoms with Gasteiger partial charge in [-0.25, -0.2) is 9.48 Å². The van der Waals surface area contributed by atoms with Gasteiger partial charge in [0.15, 0.2) is 5.69 Å². The van der Waals surface area contributed by atoms with Crippen molar-refractivity contribution in [1.82, 2.24) is 15.0 Å². The quantitative estimate of drug-likeness (QED) is 0.727. The fourth-order valence-electron chi connectivity index (χ4n) is 2.29. The molecule has 0 saturated heterocycles. The highest BCUT2D eigenvalue weighted by Crippen LogP contribution is 2.23. The number of carbonyl (C=O) groups is 1. The number of aromatic carboxylic acids is 1. The SMILES string of the molecule is COc1cccc(COc2ccc(-n3cc(C(=O)O)nn3)cc2C#N)c1. The molecule has 2 aromatic carbocycles. The van der Waals surface area contributed by atoms with Crippen molar-refractivity contribution in [3.05, 3.63) is 65.5 Å². The van der Waals surface area contributed by atoms with Gasteiger partial charge in [-0.2, -0.15) is 5.26 Å². The maximum Gasteiger partial charge on any atom is 0.358 e. The van der Waals surface area contributed by atoms with Gasteiger partial charge in [-0.15, -0.1) is 5.10 Å². The van der Waals surface area contributed by atoms with E-state index in [4.69, 9.17) is 14.6 Å². The molecule has 8 heteroatoms. The highest BCUT2D eigenvalue weighted by atomic mass is 16.5. The van der Waals surface area contributed by atoms with Crippen LogP contribution in [0, 0.1) is 11.3 Å². The van der Waals surface area contributed by atoms with Crippen molar-refractivity contribution in [3.8, 4) is 23.3 Å². The van der Waals surface area contributed by atoms with E-state index in [1.54, 1.807) is 25.3 Å². The number of carboxylic acid groups (broad SMARTS) is 1.